The Morgan fingerprint density at radius 1 is 1.29 bits per heavy atom. The highest BCUT2D eigenvalue weighted by atomic mass is 35.5. The van der Waals surface area contributed by atoms with Gasteiger partial charge in [-0.15, -0.1) is 10.2 Å². The van der Waals surface area contributed by atoms with Crippen LogP contribution in [0.4, 0.5) is 8.78 Å². The van der Waals surface area contributed by atoms with Crippen molar-refractivity contribution in [2.45, 2.75) is 20.3 Å². The zero-order valence-corrected chi connectivity index (χ0v) is 10.1. The summed E-state index contributed by atoms with van der Waals surface area (Å²) >= 11 is 5.81. The maximum absolute atomic E-state index is 13.9. The van der Waals surface area contributed by atoms with Crippen LogP contribution in [-0.4, -0.2) is 14.8 Å². The van der Waals surface area contributed by atoms with Crippen LogP contribution in [0.25, 0.3) is 5.69 Å². The number of aromatic nitrogens is 3. The minimum Gasteiger partial charge on any atom is -0.264 e. The van der Waals surface area contributed by atoms with Gasteiger partial charge in [0.05, 0.1) is 0 Å². The number of aryl methyl sites for hydroxylation is 2. The summed E-state index contributed by atoms with van der Waals surface area (Å²) < 4.78 is 28.9. The second-order valence-electron chi connectivity index (χ2n) is 3.60. The van der Waals surface area contributed by atoms with E-state index in [1.165, 1.54) is 16.7 Å². The van der Waals surface area contributed by atoms with Crippen LogP contribution < -0.4 is 0 Å². The van der Waals surface area contributed by atoms with E-state index in [0.717, 1.165) is 0 Å². The lowest BCUT2D eigenvalue weighted by Gasteiger charge is -2.10. The Hall–Kier alpha value is -1.49. The molecule has 2 rings (SSSR count). The fourth-order valence-electron chi connectivity index (χ4n) is 1.59. The molecule has 0 spiro atoms. The summed E-state index contributed by atoms with van der Waals surface area (Å²) in [6, 6.07) is 2.57. The van der Waals surface area contributed by atoms with Crippen LogP contribution in [-0.2, 0) is 6.42 Å². The minimum atomic E-state index is -0.690. The average Bonchev–Trinajstić information content (AvgIpc) is 2.67. The van der Waals surface area contributed by atoms with Crippen molar-refractivity contribution in [3.63, 3.8) is 0 Å². The van der Waals surface area contributed by atoms with Crippen molar-refractivity contribution < 1.29 is 8.78 Å². The highest BCUT2D eigenvalue weighted by Gasteiger charge is 2.19. The first kappa shape index (κ1) is 12.0. The Kier molecular flexibility index (Phi) is 3.11. The summed E-state index contributed by atoms with van der Waals surface area (Å²) in [4.78, 5) is 0. The van der Waals surface area contributed by atoms with Gasteiger partial charge in [0.1, 0.15) is 17.3 Å². The van der Waals surface area contributed by atoms with E-state index in [2.05, 4.69) is 10.2 Å². The molecule has 6 heteroatoms. The van der Waals surface area contributed by atoms with Crippen molar-refractivity contribution in [2.75, 3.05) is 0 Å². The van der Waals surface area contributed by atoms with E-state index in [1.54, 1.807) is 6.92 Å². The van der Waals surface area contributed by atoms with Crippen LogP contribution in [0.15, 0.2) is 12.1 Å². The number of hydrogen-bond acceptors (Lipinski definition) is 2. The zero-order chi connectivity index (χ0) is 12.6. The third kappa shape index (κ3) is 1.91. The molecule has 0 aliphatic rings. The molecule has 0 saturated carbocycles. The molecule has 17 heavy (non-hydrogen) atoms. The van der Waals surface area contributed by atoms with Gasteiger partial charge in [-0.05, 0) is 30.2 Å². The second-order valence-corrected chi connectivity index (χ2v) is 3.94. The number of hydrogen-bond donors (Lipinski definition) is 0. The summed E-state index contributed by atoms with van der Waals surface area (Å²) in [7, 11) is 0. The molecule has 0 bridgehead atoms. The van der Waals surface area contributed by atoms with Gasteiger partial charge in [-0.2, -0.15) is 0 Å². The summed E-state index contributed by atoms with van der Waals surface area (Å²) in [6.45, 7) is 3.37. The number of halogens is 3. The van der Waals surface area contributed by atoms with Crippen molar-refractivity contribution >= 4 is 11.6 Å². The van der Waals surface area contributed by atoms with Crippen LogP contribution in [0.1, 0.15) is 18.3 Å². The summed E-state index contributed by atoms with van der Waals surface area (Å²) in [5, 5.41) is 7.34. The Morgan fingerprint density at radius 2 is 2.00 bits per heavy atom. The van der Waals surface area contributed by atoms with Crippen LogP contribution in [0.5, 0.6) is 0 Å². The maximum atomic E-state index is 13.9. The highest BCUT2D eigenvalue weighted by molar-refractivity contribution is 6.28. The largest absolute Gasteiger partial charge is 0.264 e. The van der Waals surface area contributed by atoms with Gasteiger partial charge in [0.15, 0.2) is 5.82 Å². The van der Waals surface area contributed by atoms with Crippen LogP contribution >= 0.6 is 11.6 Å². The maximum Gasteiger partial charge on any atom is 0.229 e. The van der Waals surface area contributed by atoms with Crippen molar-refractivity contribution in [1.29, 1.82) is 0 Å². The van der Waals surface area contributed by atoms with Gasteiger partial charge in [0.25, 0.3) is 0 Å². The Morgan fingerprint density at radius 3 is 2.65 bits per heavy atom. The molecule has 0 saturated heterocycles. The van der Waals surface area contributed by atoms with Crippen LogP contribution in [0.3, 0.4) is 0 Å². The van der Waals surface area contributed by atoms with Crippen molar-refractivity contribution in [1.82, 2.24) is 14.8 Å². The Balaban J connectivity index is 2.76. The fourth-order valence-corrected chi connectivity index (χ4v) is 1.81. The molecule has 1 aromatic carbocycles. The summed E-state index contributed by atoms with van der Waals surface area (Å²) in [5.74, 6) is -0.927. The zero-order valence-electron chi connectivity index (χ0n) is 9.34. The standard InChI is InChI=1S/C11H10ClF2N3/c1-3-8-15-16-11(12)17(8)10-7(13)5-4-6(2)9(10)14/h4-5H,3H2,1-2H3. The average molecular weight is 258 g/mol. The Labute approximate surface area is 102 Å². The van der Waals surface area contributed by atoms with Crippen molar-refractivity contribution in [3.8, 4) is 5.69 Å². The quantitative estimate of drug-likeness (QED) is 0.828. The lowest BCUT2D eigenvalue weighted by atomic mass is 10.2. The molecule has 0 aliphatic carbocycles. The van der Waals surface area contributed by atoms with Crippen molar-refractivity contribution in [3.05, 3.63) is 40.4 Å². The third-order valence-electron chi connectivity index (χ3n) is 2.49. The van der Waals surface area contributed by atoms with E-state index in [0.29, 0.717) is 17.8 Å². The van der Waals surface area contributed by atoms with E-state index in [1.807, 2.05) is 6.92 Å². The molecule has 0 amide bonds. The SMILES string of the molecule is CCc1nnc(Cl)n1-c1c(F)ccc(C)c1F. The molecule has 0 fully saturated rings. The van der Waals surface area contributed by atoms with E-state index in [-0.39, 0.29) is 11.0 Å². The number of rotatable bonds is 2. The van der Waals surface area contributed by atoms with Gasteiger partial charge in [-0.25, -0.2) is 8.78 Å². The predicted molar refractivity (Wildman–Crippen MR) is 60.4 cm³/mol. The molecule has 2 aromatic rings. The summed E-state index contributed by atoms with van der Waals surface area (Å²) in [6.07, 6.45) is 0.479. The number of nitrogens with zero attached hydrogens (tertiary/aromatic N) is 3. The molecule has 1 heterocycles. The monoisotopic (exact) mass is 257 g/mol. The molecule has 90 valence electrons. The smallest absolute Gasteiger partial charge is 0.229 e. The minimum absolute atomic E-state index is 0.0507. The Bertz CT molecular complexity index is 566. The van der Waals surface area contributed by atoms with Crippen LogP contribution in [0, 0.1) is 18.6 Å². The van der Waals surface area contributed by atoms with Gasteiger partial charge in [0, 0.05) is 6.42 Å². The molecular weight excluding hydrogens is 248 g/mol. The highest BCUT2D eigenvalue weighted by Crippen LogP contribution is 2.25. The molecule has 0 aliphatic heterocycles. The van der Waals surface area contributed by atoms with Gasteiger partial charge in [-0.3, -0.25) is 4.57 Å². The number of benzene rings is 1. The van der Waals surface area contributed by atoms with Gasteiger partial charge in [-0.1, -0.05) is 13.0 Å². The van der Waals surface area contributed by atoms with E-state index in [4.69, 9.17) is 11.6 Å². The second kappa shape index (κ2) is 4.41. The first-order chi connectivity index (χ1) is 8.06. The molecule has 1 aromatic heterocycles. The third-order valence-corrected chi connectivity index (χ3v) is 2.74. The van der Waals surface area contributed by atoms with Crippen molar-refractivity contribution in [2.24, 2.45) is 0 Å². The summed E-state index contributed by atoms with van der Waals surface area (Å²) in [5.41, 5.74) is 0.116. The lowest BCUT2D eigenvalue weighted by Crippen LogP contribution is -2.07. The van der Waals surface area contributed by atoms with Crippen LogP contribution in [0.2, 0.25) is 5.28 Å². The molecule has 0 N–H and O–H groups in total. The van der Waals surface area contributed by atoms with E-state index in [9.17, 15) is 8.78 Å². The topological polar surface area (TPSA) is 30.7 Å². The fraction of sp³-hybridized carbons (Fsp3) is 0.273. The first-order valence-corrected chi connectivity index (χ1v) is 5.48. The van der Waals surface area contributed by atoms with Gasteiger partial charge in [0.2, 0.25) is 5.28 Å². The predicted octanol–water partition coefficient (Wildman–Crippen LogP) is 3.07. The van der Waals surface area contributed by atoms with Gasteiger partial charge < -0.3 is 0 Å². The molecule has 0 unspecified atom stereocenters. The molecular formula is C11H10ClF2N3. The normalized spacial score (nSPS) is 10.9. The van der Waals surface area contributed by atoms with E-state index >= 15 is 0 Å². The first-order valence-electron chi connectivity index (χ1n) is 5.11. The van der Waals surface area contributed by atoms with E-state index < -0.39 is 11.6 Å². The lowest BCUT2D eigenvalue weighted by molar-refractivity contribution is 0.560. The van der Waals surface area contributed by atoms with Gasteiger partial charge >= 0.3 is 0 Å². The molecule has 3 nitrogen and oxygen atoms in total. The molecule has 0 radical (unpaired) electrons. The molecule has 0 atom stereocenters.